The summed E-state index contributed by atoms with van der Waals surface area (Å²) in [6.07, 6.45) is 3.68. The van der Waals surface area contributed by atoms with Crippen molar-refractivity contribution >= 4 is 15.9 Å². The third-order valence-electron chi connectivity index (χ3n) is 3.49. The van der Waals surface area contributed by atoms with Crippen LogP contribution in [0.25, 0.3) is 0 Å². The summed E-state index contributed by atoms with van der Waals surface area (Å²) in [4.78, 5) is 0. The first-order valence-corrected chi connectivity index (χ1v) is 7.74. The second-order valence-electron chi connectivity index (χ2n) is 4.87. The molecule has 0 amide bonds. The van der Waals surface area contributed by atoms with Gasteiger partial charge in [0.05, 0.1) is 19.3 Å². The van der Waals surface area contributed by atoms with E-state index < -0.39 is 0 Å². The van der Waals surface area contributed by atoms with E-state index in [1.54, 1.807) is 7.11 Å². The maximum Gasteiger partial charge on any atom is 0.120 e. The average molecular weight is 328 g/mol. The van der Waals surface area contributed by atoms with Gasteiger partial charge in [0.25, 0.3) is 0 Å². The van der Waals surface area contributed by atoms with E-state index in [-0.39, 0.29) is 12.1 Å². The van der Waals surface area contributed by atoms with Gasteiger partial charge in [-0.2, -0.15) is 0 Å². The third-order valence-corrected chi connectivity index (χ3v) is 4.18. The fourth-order valence-electron chi connectivity index (χ4n) is 2.49. The Bertz CT molecular complexity index is 405. The van der Waals surface area contributed by atoms with Crippen molar-refractivity contribution in [2.75, 3.05) is 20.3 Å². The van der Waals surface area contributed by atoms with Crippen LogP contribution in [0.4, 0.5) is 0 Å². The largest absolute Gasteiger partial charge is 0.497 e. The van der Waals surface area contributed by atoms with Gasteiger partial charge in [-0.05, 0) is 43.5 Å². The van der Waals surface area contributed by atoms with Gasteiger partial charge in [0.2, 0.25) is 0 Å². The van der Waals surface area contributed by atoms with E-state index in [9.17, 15) is 0 Å². The minimum atomic E-state index is 0.253. The Morgan fingerprint density at radius 1 is 1.53 bits per heavy atom. The second-order valence-corrected chi connectivity index (χ2v) is 5.73. The molecule has 106 valence electrons. The van der Waals surface area contributed by atoms with Crippen molar-refractivity contribution in [1.82, 2.24) is 5.32 Å². The van der Waals surface area contributed by atoms with E-state index >= 15 is 0 Å². The van der Waals surface area contributed by atoms with Gasteiger partial charge >= 0.3 is 0 Å². The summed E-state index contributed by atoms with van der Waals surface area (Å²) >= 11 is 3.65. The highest BCUT2D eigenvalue weighted by Gasteiger charge is 2.28. The van der Waals surface area contributed by atoms with Gasteiger partial charge in [0, 0.05) is 11.1 Å². The molecule has 0 aliphatic carbocycles. The van der Waals surface area contributed by atoms with Gasteiger partial charge in [-0.25, -0.2) is 0 Å². The third kappa shape index (κ3) is 3.71. The molecule has 3 nitrogen and oxygen atoms in total. The monoisotopic (exact) mass is 327 g/mol. The van der Waals surface area contributed by atoms with Crippen LogP contribution >= 0.6 is 15.9 Å². The average Bonchev–Trinajstić information content (AvgIpc) is 2.94. The van der Waals surface area contributed by atoms with Gasteiger partial charge in [-0.3, -0.25) is 0 Å². The van der Waals surface area contributed by atoms with Crippen LogP contribution in [-0.2, 0) is 4.74 Å². The first-order chi connectivity index (χ1) is 9.26. The number of hydrogen-bond donors (Lipinski definition) is 1. The molecule has 2 atom stereocenters. The number of halogens is 1. The molecule has 0 aromatic heterocycles. The van der Waals surface area contributed by atoms with E-state index in [2.05, 4.69) is 34.2 Å². The lowest BCUT2D eigenvalue weighted by Crippen LogP contribution is -2.32. The van der Waals surface area contributed by atoms with Crippen LogP contribution in [0.5, 0.6) is 5.75 Å². The van der Waals surface area contributed by atoms with Crippen molar-refractivity contribution < 1.29 is 9.47 Å². The summed E-state index contributed by atoms with van der Waals surface area (Å²) in [6, 6.07) is 6.40. The summed E-state index contributed by atoms with van der Waals surface area (Å²) in [5, 5.41) is 3.61. The van der Waals surface area contributed by atoms with Gasteiger partial charge in [-0.15, -0.1) is 0 Å². The SMILES string of the molecule is CCCNC(c1ccc(OC)cc1Br)C1CCCO1. The quantitative estimate of drug-likeness (QED) is 0.864. The predicted molar refractivity (Wildman–Crippen MR) is 80.7 cm³/mol. The molecule has 1 fully saturated rings. The van der Waals surface area contributed by atoms with Crippen LogP contribution in [0.2, 0.25) is 0 Å². The normalized spacial score (nSPS) is 20.5. The first-order valence-electron chi connectivity index (χ1n) is 6.94. The van der Waals surface area contributed by atoms with Crippen molar-refractivity contribution in [2.45, 2.75) is 38.3 Å². The molecule has 1 aliphatic rings. The fourth-order valence-corrected chi connectivity index (χ4v) is 3.10. The molecule has 0 spiro atoms. The van der Waals surface area contributed by atoms with Crippen LogP contribution in [-0.4, -0.2) is 26.4 Å². The Morgan fingerprint density at radius 3 is 2.95 bits per heavy atom. The van der Waals surface area contributed by atoms with Gasteiger partial charge in [-0.1, -0.05) is 28.9 Å². The van der Waals surface area contributed by atoms with E-state index in [1.165, 1.54) is 5.56 Å². The van der Waals surface area contributed by atoms with E-state index in [0.29, 0.717) is 0 Å². The maximum atomic E-state index is 5.86. The minimum absolute atomic E-state index is 0.253. The van der Waals surface area contributed by atoms with E-state index in [0.717, 1.165) is 42.6 Å². The highest BCUT2D eigenvalue weighted by Crippen LogP contribution is 2.33. The molecule has 0 radical (unpaired) electrons. The van der Waals surface area contributed by atoms with Gasteiger partial charge in [0.1, 0.15) is 5.75 Å². The van der Waals surface area contributed by atoms with Crippen molar-refractivity contribution in [1.29, 1.82) is 0 Å². The summed E-state index contributed by atoms with van der Waals surface area (Å²) in [6.45, 7) is 4.06. The molecule has 1 saturated heterocycles. The predicted octanol–water partition coefficient (Wildman–Crippen LogP) is 3.68. The molecule has 19 heavy (non-hydrogen) atoms. The lowest BCUT2D eigenvalue weighted by molar-refractivity contribution is 0.0781. The van der Waals surface area contributed by atoms with Crippen LogP contribution in [0.3, 0.4) is 0 Å². The number of ether oxygens (including phenoxy) is 2. The first kappa shape index (κ1) is 14.8. The standard InChI is InChI=1S/C15H22BrNO2/c1-3-8-17-15(14-5-4-9-19-14)12-7-6-11(18-2)10-13(12)16/h6-7,10,14-15,17H,3-5,8-9H2,1-2H3. The van der Waals surface area contributed by atoms with Gasteiger partial charge < -0.3 is 14.8 Å². The second kappa shape index (κ2) is 7.27. The van der Waals surface area contributed by atoms with Crippen molar-refractivity contribution in [3.63, 3.8) is 0 Å². The lowest BCUT2D eigenvalue weighted by Gasteiger charge is -2.26. The van der Waals surface area contributed by atoms with E-state index in [1.807, 2.05) is 12.1 Å². The number of nitrogens with one attached hydrogen (secondary N) is 1. The van der Waals surface area contributed by atoms with Crippen molar-refractivity contribution in [3.8, 4) is 5.75 Å². The summed E-state index contributed by atoms with van der Waals surface area (Å²) in [5.74, 6) is 0.872. The number of methoxy groups -OCH3 is 1. The number of hydrogen-bond acceptors (Lipinski definition) is 3. The van der Waals surface area contributed by atoms with Crippen molar-refractivity contribution in [2.24, 2.45) is 0 Å². The highest BCUT2D eigenvalue weighted by molar-refractivity contribution is 9.10. The van der Waals surface area contributed by atoms with Crippen LogP contribution in [0.15, 0.2) is 22.7 Å². The molecule has 1 heterocycles. The highest BCUT2D eigenvalue weighted by atomic mass is 79.9. The minimum Gasteiger partial charge on any atom is -0.497 e. The molecule has 0 saturated carbocycles. The van der Waals surface area contributed by atoms with Crippen LogP contribution in [0, 0.1) is 0 Å². The zero-order valence-electron chi connectivity index (χ0n) is 11.6. The maximum absolute atomic E-state index is 5.86. The summed E-state index contributed by atoms with van der Waals surface area (Å²) < 4.78 is 12.2. The molecule has 0 bridgehead atoms. The molecule has 2 rings (SSSR count). The van der Waals surface area contributed by atoms with Gasteiger partial charge in [0.15, 0.2) is 0 Å². The molecule has 1 aromatic rings. The van der Waals surface area contributed by atoms with Crippen LogP contribution < -0.4 is 10.1 Å². The Balaban J connectivity index is 2.20. The fraction of sp³-hybridized carbons (Fsp3) is 0.600. The summed E-state index contributed by atoms with van der Waals surface area (Å²) in [7, 11) is 1.69. The zero-order chi connectivity index (χ0) is 13.7. The molecular formula is C15H22BrNO2. The van der Waals surface area contributed by atoms with E-state index in [4.69, 9.17) is 9.47 Å². The lowest BCUT2D eigenvalue weighted by atomic mass is 9.99. The topological polar surface area (TPSA) is 30.5 Å². The Labute approximate surface area is 123 Å². The zero-order valence-corrected chi connectivity index (χ0v) is 13.2. The smallest absolute Gasteiger partial charge is 0.120 e. The molecular weight excluding hydrogens is 306 g/mol. The number of benzene rings is 1. The molecule has 1 aliphatic heterocycles. The Kier molecular flexibility index (Phi) is 5.67. The molecule has 4 heteroatoms. The Morgan fingerprint density at radius 2 is 2.37 bits per heavy atom. The molecule has 2 unspecified atom stereocenters. The molecule has 1 N–H and O–H groups in total. The van der Waals surface area contributed by atoms with Crippen molar-refractivity contribution in [3.05, 3.63) is 28.2 Å². The summed E-state index contributed by atoms with van der Waals surface area (Å²) in [5.41, 5.74) is 1.25. The number of rotatable bonds is 6. The molecule has 1 aromatic carbocycles. The Hall–Kier alpha value is -0.580. The van der Waals surface area contributed by atoms with Crippen LogP contribution in [0.1, 0.15) is 37.8 Å².